The molecule has 0 radical (unpaired) electrons. The van der Waals surface area contributed by atoms with Crippen LogP contribution in [0.1, 0.15) is 28.8 Å². The van der Waals surface area contributed by atoms with Crippen molar-refractivity contribution < 1.29 is 27.5 Å². The number of aromatic nitrogens is 2. The van der Waals surface area contributed by atoms with Gasteiger partial charge in [-0.05, 0) is 37.1 Å². The first kappa shape index (κ1) is 23.4. The molecule has 0 amide bonds. The third-order valence-corrected chi connectivity index (χ3v) is 6.32. The maximum Gasteiger partial charge on any atom is 0.417 e. The molecule has 0 spiro atoms. The number of ether oxygens (including phenoxy) is 1. The second kappa shape index (κ2) is 8.87. The van der Waals surface area contributed by atoms with Crippen molar-refractivity contribution in [2.45, 2.75) is 19.0 Å². The van der Waals surface area contributed by atoms with Crippen LogP contribution in [-0.2, 0) is 15.7 Å². The lowest BCUT2D eigenvalue weighted by molar-refractivity contribution is -0.146. The lowest BCUT2D eigenvalue weighted by Crippen LogP contribution is -2.37. The van der Waals surface area contributed by atoms with E-state index >= 15 is 0 Å². The molecule has 3 aromatic rings. The second-order valence-electron chi connectivity index (χ2n) is 7.62. The number of halogens is 5. The Morgan fingerprint density at radius 3 is 2.33 bits per heavy atom. The molecule has 0 unspecified atom stereocenters. The monoisotopic (exact) mass is 499 g/mol. The minimum absolute atomic E-state index is 0.255. The smallest absolute Gasteiger partial charge is 0.417 e. The first-order valence-corrected chi connectivity index (χ1v) is 10.8. The fraction of sp³-hybridized carbons (Fsp3) is 0.318. The van der Waals surface area contributed by atoms with Crippen molar-refractivity contribution in [3.8, 4) is 0 Å². The van der Waals surface area contributed by atoms with Crippen molar-refractivity contribution in [1.82, 2.24) is 9.78 Å². The van der Waals surface area contributed by atoms with Crippen molar-refractivity contribution in [2.24, 2.45) is 5.92 Å². The molecule has 2 heterocycles. The Hall–Kier alpha value is -2.78. The molecule has 33 heavy (non-hydrogen) atoms. The molecule has 0 aliphatic carbocycles. The molecule has 0 N–H and O–H groups in total. The van der Waals surface area contributed by atoms with Crippen molar-refractivity contribution >= 4 is 51.8 Å². The van der Waals surface area contributed by atoms with Gasteiger partial charge in [0.25, 0.3) is 5.91 Å². The predicted molar refractivity (Wildman–Crippen MR) is 118 cm³/mol. The molecular formula is C22H18Cl2F3N3O3. The van der Waals surface area contributed by atoms with Gasteiger partial charge in [0, 0.05) is 13.1 Å². The van der Waals surface area contributed by atoms with Crippen LogP contribution in [0.2, 0.25) is 10.0 Å². The lowest BCUT2D eigenvalue weighted by atomic mass is 9.97. The van der Waals surface area contributed by atoms with Gasteiger partial charge in [-0.3, -0.25) is 9.59 Å². The Labute approximate surface area is 196 Å². The van der Waals surface area contributed by atoms with E-state index in [0.29, 0.717) is 42.2 Å². The van der Waals surface area contributed by atoms with Crippen molar-refractivity contribution in [3.63, 3.8) is 0 Å². The van der Waals surface area contributed by atoms with Crippen LogP contribution in [0.4, 0.5) is 19.0 Å². The zero-order chi connectivity index (χ0) is 23.9. The maximum absolute atomic E-state index is 13.6. The minimum atomic E-state index is -4.78. The maximum atomic E-state index is 13.6. The molecular weight excluding hydrogens is 482 g/mol. The molecule has 4 rings (SSSR count). The summed E-state index contributed by atoms with van der Waals surface area (Å²) in [5, 5.41) is 4.77. The molecule has 174 valence electrons. The van der Waals surface area contributed by atoms with E-state index in [1.54, 1.807) is 18.2 Å². The standard InChI is InChI=1S/C22H18Cl2F3N3O3/c1-33-21(32)12-8-10-29(11-9-12)19-18-15(24)6-3-7-16(18)30(28-19)20(31)17-13(22(25,26)27)4-2-5-14(17)23/h2-7,12H,8-11H2,1H3. The Kier molecular flexibility index (Phi) is 6.28. The van der Waals surface area contributed by atoms with Crippen LogP contribution in [0, 0.1) is 5.92 Å². The molecule has 11 heteroatoms. The summed E-state index contributed by atoms with van der Waals surface area (Å²) in [6.07, 6.45) is -3.78. The molecule has 1 aromatic heterocycles. The number of esters is 1. The Bertz CT molecular complexity index is 1230. The first-order chi connectivity index (χ1) is 15.6. The Morgan fingerprint density at radius 2 is 1.70 bits per heavy atom. The van der Waals surface area contributed by atoms with Gasteiger partial charge in [-0.2, -0.15) is 17.9 Å². The summed E-state index contributed by atoms with van der Waals surface area (Å²) >= 11 is 12.4. The van der Waals surface area contributed by atoms with E-state index in [1.165, 1.54) is 13.2 Å². The van der Waals surface area contributed by atoms with Gasteiger partial charge >= 0.3 is 12.1 Å². The number of nitrogens with zero attached hydrogens (tertiary/aromatic N) is 3. The SMILES string of the molecule is COC(=O)C1CCN(c2nn(C(=O)c3c(Cl)cccc3C(F)(F)F)c3cccc(Cl)c23)CC1. The number of rotatable bonds is 3. The predicted octanol–water partition coefficient (Wildman–Crippen LogP) is 5.44. The van der Waals surface area contributed by atoms with Crippen LogP contribution in [0.25, 0.3) is 10.9 Å². The largest absolute Gasteiger partial charge is 0.469 e. The zero-order valence-corrected chi connectivity index (χ0v) is 18.8. The highest BCUT2D eigenvalue weighted by molar-refractivity contribution is 6.37. The van der Waals surface area contributed by atoms with Gasteiger partial charge in [-0.1, -0.05) is 35.3 Å². The number of hydrogen-bond donors (Lipinski definition) is 0. The van der Waals surface area contributed by atoms with E-state index in [9.17, 15) is 22.8 Å². The van der Waals surface area contributed by atoms with E-state index in [1.807, 2.05) is 4.90 Å². The minimum Gasteiger partial charge on any atom is -0.469 e. The summed E-state index contributed by atoms with van der Waals surface area (Å²) < 4.78 is 46.5. The van der Waals surface area contributed by atoms with E-state index in [0.717, 1.165) is 16.8 Å². The first-order valence-electron chi connectivity index (χ1n) is 10.0. The van der Waals surface area contributed by atoms with Crippen LogP contribution >= 0.6 is 23.2 Å². The van der Waals surface area contributed by atoms with Gasteiger partial charge < -0.3 is 9.64 Å². The Balaban J connectivity index is 1.80. The molecule has 1 saturated heterocycles. The number of alkyl halides is 3. The van der Waals surface area contributed by atoms with Crippen LogP contribution < -0.4 is 4.90 Å². The summed E-state index contributed by atoms with van der Waals surface area (Å²) in [6, 6.07) is 7.91. The summed E-state index contributed by atoms with van der Waals surface area (Å²) in [6.45, 7) is 0.871. The summed E-state index contributed by atoms with van der Waals surface area (Å²) in [7, 11) is 1.33. The number of carbonyl (C=O) groups excluding carboxylic acids is 2. The highest BCUT2D eigenvalue weighted by Gasteiger charge is 2.38. The van der Waals surface area contributed by atoms with Gasteiger partial charge in [-0.25, -0.2) is 0 Å². The number of carbonyl (C=O) groups is 2. The number of anilines is 1. The van der Waals surface area contributed by atoms with E-state index < -0.39 is 23.2 Å². The summed E-state index contributed by atoms with van der Waals surface area (Å²) in [5.74, 6) is -1.21. The normalized spacial score (nSPS) is 15.2. The van der Waals surface area contributed by atoms with Crippen LogP contribution in [0.15, 0.2) is 36.4 Å². The van der Waals surface area contributed by atoms with Crippen LogP contribution in [-0.4, -0.2) is 41.9 Å². The van der Waals surface area contributed by atoms with Crippen LogP contribution in [0.5, 0.6) is 0 Å². The van der Waals surface area contributed by atoms with Crippen molar-refractivity contribution in [1.29, 1.82) is 0 Å². The third-order valence-electron chi connectivity index (χ3n) is 5.69. The number of piperidine rings is 1. The summed E-state index contributed by atoms with van der Waals surface area (Å²) in [4.78, 5) is 27.0. The fourth-order valence-electron chi connectivity index (χ4n) is 4.06. The molecule has 1 aliphatic rings. The van der Waals surface area contributed by atoms with Gasteiger partial charge in [0.2, 0.25) is 0 Å². The lowest BCUT2D eigenvalue weighted by Gasteiger charge is -2.31. The molecule has 2 aromatic carbocycles. The second-order valence-corrected chi connectivity index (χ2v) is 8.43. The van der Waals surface area contributed by atoms with Gasteiger partial charge in [0.15, 0.2) is 5.82 Å². The highest BCUT2D eigenvalue weighted by atomic mass is 35.5. The molecule has 1 fully saturated rings. The fourth-order valence-corrected chi connectivity index (χ4v) is 4.57. The number of hydrogen-bond acceptors (Lipinski definition) is 5. The molecule has 6 nitrogen and oxygen atoms in total. The molecule has 0 saturated carbocycles. The van der Waals surface area contributed by atoms with Crippen LogP contribution in [0.3, 0.4) is 0 Å². The topological polar surface area (TPSA) is 64.4 Å². The highest BCUT2D eigenvalue weighted by Crippen LogP contribution is 2.38. The van der Waals surface area contributed by atoms with Crippen molar-refractivity contribution in [2.75, 3.05) is 25.1 Å². The number of methoxy groups -OCH3 is 1. The third kappa shape index (κ3) is 4.27. The van der Waals surface area contributed by atoms with E-state index in [4.69, 9.17) is 27.9 Å². The molecule has 0 bridgehead atoms. The number of fused-ring (bicyclic) bond motifs is 1. The van der Waals surface area contributed by atoms with Gasteiger partial charge in [-0.15, -0.1) is 5.10 Å². The van der Waals surface area contributed by atoms with Crippen molar-refractivity contribution in [3.05, 3.63) is 57.6 Å². The Morgan fingerprint density at radius 1 is 1.06 bits per heavy atom. The van der Waals surface area contributed by atoms with E-state index in [2.05, 4.69) is 5.10 Å². The average molecular weight is 500 g/mol. The zero-order valence-electron chi connectivity index (χ0n) is 17.3. The van der Waals surface area contributed by atoms with Gasteiger partial charge in [0.05, 0.1) is 45.1 Å². The quantitative estimate of drug-likeness (QED) is 0.449. The number of benzene rings is 2. The average Bonchev–Trinajstić information content (AvgIpc) is 3.18. The molecule has 1 aliphatic heterocycles. The summed E-state index contributed by atoms with van der Waals surface area (Å²) in [5.41, 5.74) is -1.58. The molecule has 0 atom stereocenters. The van der Waals surface area contributed by atoms with E-state index in [-0.39, 0.29) is 22.4 Å². The van der Waals surface area contributed by atoms with Gasteiger partial charge in [0.1, 0.15) is 0 Å².